The SMILES string of the molecule is Cc1cccc(N=C2CCN(C(=O)c3cccc(C(F)(F)F)c3Cl)[C@H](C)C2=NN)n1. The summed E-state index contributed by atoms with van der Waals surface area (Å²) in [7, 11) is 0. The molecule has 158 valence electrons. The number of aromatic nitrogens is 1. The van der Waals surface area contributed by atoms with Crippen LogP contribution in [-0.2, 0) is 6.18 Å². The Balaban J connectivity index is 1.91. The maximum Gasteiger partial charge on any atom is 0.417 e. The van der Waals surface area contributed by atoms with Crippen LogP contribution < -0.4 is 5.84 Å². The van der Waals surface area contributed by atoms with Crippen LogP contribution in [0.3, 0.4) is 0 Å². The predicted molar refractivity (Wildman–Crippen MR) is 109 cm³/mol. The van der Waals surface area contributed by atoms with Crippen molar-refractivity contribution in [3.8, 4) is 0 Å². The van der Waals surface area contributed by atoms with Gasteiger partial charge in [0.2, 0.25) is 0 Å². The van der Waals surface area contributed by atoms with Gasteiger partial charge in [0.1, 0.15) is 5.71 Å². The fraction of sp³-hybridized carbons (Fsp3) is 0.300. The third-order valence-electron chi connectivity index (χ3n) is 4.81. The summed E-state index contributed by atoms with van der Waals surface area (Å²) < 4.78 is 39.4. The van der Waals surface area contributed by atoms with Gasteiger partial charge in [0, 0.05) is 18.7 Å². The van der Waals surface area contributed by atoms with Gasteiger partial charge in [0.05, 0.1) is 27.9 Å². The van der Waals surface area contributed by atoms with E-state index in [1.165, 1.54) is 11.0 Å². The Bertz CT molecular complexity index is 1040. The van der Waals surface area contributed by atoms with Crippen molar-refractivity contribution in [2.24, 2.45) is 15.9 Å². The Kier molecular flexibility index (Phi) is 6.12. The van der Waals surface area contributed by atoms with Crippen LogP contribution in [0, 0.1) is 6.92 Å². The Morgan fingerprint density at radius 3 is 2.60 bits per heavy atom. The third-order valence-corrected chi connectivity index (χ3v) is 5.21. The Hall–Kier alpha value is -2.94. The average molecular weight is 438 g/mol. The Morgan fingerprint density at radius 1 is 1.27 bits per heavy atom. The number of rotatable bonds is 2. The largest absolute Gasteiger partial charge is 0.417 e. The van der Waals surface area contributed by atoms with E-state index >= 15 is 0 Å². The number of carbonyl (C=O) groups is 1. The summed E-state index contributed by atoms with van der Waals surface area (Å²) >= 11 is 5.92. The molecule has 0 bridgehead atoms. The lowest BCUT2D eigenvalue weighted by atomic mass is 9.97. The van der Waals surface area contributed by atoms with Gasteiger partial charge in [-0.05, 0) is 38.1 Å². The number of alkyl halides is 3. The van der Waals surface area contributed by atoms with Crippen LogP contribution in [0.5, 0.6) is 0 Å². The number of hydrogen-bond donors (Lipinski definition) is 1. The Labute approximate surface area is 176 Å². The van der Waals surface area contributed by atoms with Gasteiger partial charge in [0.15, 0.2) is 5.82 Å². The zero-order valence-corrected chi connectivity index (χ0v) is 17.0. The second-order valence-corrected chi connectivity index (χ2v) is 7.18. The number of piperidine rings is 1. The van der Waals surface area contributed by atoms with Gasteiger partial charge in [-0.25, -0.2) is 9.98 Å². The molecule has 1 amide bonds. The molecule has 1 aromatic heterocycles. The summed E-state index contributed by atoms with van der Waals surface area (Å²) in [5.41, 5.74) is 0.446. The fourth-order valence-corrected chi connectivity index (χ4v) is 3.62. The highest BCUT2D eigenvalue weighted by Crippen LogP contribution is 2.37. The maximum atomic E-state index is 13.1. The quantitative estimate of drug-likeness (QED) is 0.558. The molecule has 1 aliphatic heterocycles. The van der Waals surface area contributed by atoms with E-state index < -0.39 is 28.7 Å². The molecule has 2 N–H and O–H groups in total. The number of halogens is 4. The molecule has 10 heteroatoms. The molecule has 1 saturated heterocycles. The second kappa shape index (κ2) is 8.43. The maximum absolute atomic E-state index is 13.1. The minimum atomic E-state index is -4.66. The van der Waals surface area contributed by atoms with Gasteiger partial charge < -0.3 is 10.7 Å². The Morgan fingerprint density at radius 2 is 1.97 bits per heavy atom. The second-order valence-electron chi connectivity index (χ2n) is 6.80. The van der Waals surface area contributed by atoms with E-state index in [1.54, 1.807) is 13.0 Å². The first-order valence-corrected chi connectivity index (χ1v) is 9.47. The molecule has 0 spiro atoms. The van der Waals surface area contributed by atoms with Crippen LogP contribution in [0.1, 0.15) is 35.0 Å². The van der Waals surface area contributed by atoms with E-state index in [4.69, 9.17) is 17.4 Å². The van der Waals surface area contributed by atoms with E-state index in [-0.39, 0.29) is 12.1 Å². The van der Waals surface area contributed by atoms with Gasteiger partial charge in [-0.2, -0.15) is 18.3 Å². The minimum absolute atomic E-state index is 0.218. The van der Waals surface area contributed by atoms with Gasteiger partial charge in [-0.15, -0.1) is 0 Å². The van der Waals surface area contributed by atoms with Crippen molar-refractivity contribution in [2.45, 2.75) is 32.5 Å². The topological polar surface area (TPSA) is 83.9 Å². The number of hydrazone groups is 1. The molecule has 1 aromatic carbocycles. The number of hydrogen-bond acceptors (Lipinski definition) is 5. The summed E-state index contributed by atoms with van der Waals surface area (Å²) in [6, 6.07) is 8.05. The number of nitrogens with two attached hydrogens (primary N) is 1. The van der Waals surface area contributed by atoms with Crippen LogP contribution >= 0.6 is 11.6 Å². The fourth-order valence-electron chi connectivity index (χ4n) is 3.31. The van der Waals surface area contributed by atoms with Crippen LogP contribution in [-0.4, -0.2) is 39.8 Å². The van der Waals surface area contributed by atoms with Gasteiger partial charge >= 0.3 is 6.18 Å². The number of nitrogens with zero attached hydrogens (tertiary/aromatic N) is 4. The first-order valence-electron chi connectivity index (χ1n) is 9.09. The van der Waals surface area contributed by atoms with Gasteiger partial charge in [0.25, 0.3) is 5.91 Å². The number of benzene rings is 1. The molecule has 1 fully saturated rings. The highest BCUT2D eigenvalue weighted by atomic mass is 35.5. The zero-order chi connectivity index (χ0) is 22.1. The van der Waals surface area contributed by atoms with E-state index in [9.17, 15) is 18.0 Å². The molecule has 2 aromatic rings. The van der Waals surface area contributed by atoms with Crippen molar-refractivity contribution in [3.63, 3.8) is 0 Å². The number of pyridine rings is 1. The molecule has 6 nitrogen and oxygen atoms in total. The highest BCUT2D eigenvalue weighted by Gasteiger charge is 2.37. The summed E-state index contributed by atoms with van der Waals surface area (Å²) in [6.07, 6.45) is -4.34. The summed E-state index contributed by atoms with van der Waals surface area (Å²) in [5, 5.41) is 3.16. The predicted octanol–water partition coefficient (Wildman–Crippen LogP) is 4.38. The monoisotopic (exact) mass is 437 g/mol. The molecule has 2 heterocycles. The molecule has 0 unspecified atom stereocenters. The number of aryl methyl sites for hydroxylation is 1. The minimum Gasteiger partial charge on any atom is -0.330 e. The average Bonchev–Trinajstić information content (AvgIpc) is 2.67. The number of likely N-dealkylation sites (tertiary alicyclic amines) is 1. The van der Waals surface area contributed by atoms with Crippen molar-refractivity contribution in [1.29, 1.82) is 0 Å². The molecule has 30 heavy (non-hydrogen) atoms. The molecular weight excluding hydrogens is 419 g/mol. The summed E-state index contributed by atoms with van der Waals surface area (Å²) in [6.45, 7) is 3.74. The molecular formula is C20H19ClF3N5O. The van der Waals surface area contributed by atoms with Crippen molar-refractivity contribution in [1.82, 2.24) is 9.88 Å². The molecule has 1 aliphatic rings. The lowest BCUT2D eigenvalue weighted by molar-refractivity contribution is -0.137. The summed E-state index contributed by atoms with van der Waals surface area (Å²) in [5.74, 6) is 5.41. The van der Waals surface area contributed by atoms with E-state index in [0.717, 1.165) is 17.8 Å². The first-order chi connectivity index (χ1) is 14.1. The van der Waals surface area contributed by atoms with Crippen LogP contribution in [0.15, 0.2) is 46.5 Å². The summed E-state index contributed by atoms with van der Waals surface area (Å²) in [4.78, 5) is 23.2. The van der Waals surface area contributed by atoms with Gasteiger partial charge in [-0.3, -0.25) is 4.79 Å². The smallest absolute Gasteiger partial charge is 0.330 e. The molecule has 1 atom stereocenters. The normalized spacial score (nSPS) is 20.1. The van der Waals surface area contributed by atoms with Crippen molar-refractivity contribution >= 4 is 34.7 Å². The standard InChI is InChI=1S/C20H19ClF3N5O/c1-11-5-3-8-16(26-11)27-15-9-10-29(12(2)18(15)28-25)19(30)13-6-4-7-14(17(13)21)20(22,23)24/h3-8,12H,9-10,25H2,1-2H3/t12-/m1/s1. The van der Waals surface area contributed by atoms with Crippen molar-refractivity contribution in [3.05, 3.63) is 58.2 Å². The molecule has 0 radical (unpaired) electrons. The number of amides is 1. The zero-order valence-electron chi connectivity index (χ0n) is 16.2. The molecule has 0 aliphatic carbocycles. The van der Waals surface area contributed by atoms with Crippen LogP contribution in [0.2, 0.25) is 5.02 Å². The molecule has 0 saturated carbocycles. The highest BCUT2D eigenvalue weighted by molar-refractivity contribution is 6.45. The van der Waals surface area contributed by atoms with Crippen LogP contribution in [0.4, 0.5) is 19.0 Å². The lowest BCUT2D eigenvalue weighted by Gasteiger charge is -2.35. The van der Waals surface area contributed by atoms with E-state index in [2.05, 4.69) is 15.1 Å². The van der Waals surface area contributed by atoms with E-state index in [0.29, 0.717) is 23.7 Å². The van der Waals surface area contributed by atoms with Crippen molar-refractivity contribution < 1.29 is 18.0 Å². The van der Waals surface area contributed by atoms with Crippen molar-refractivity contribution in [2.75, 3.05) is 6.54 Å². The lowest BCUT2D eigenvalue weighted by Crippen LogP contribution is -2.51. The number of carbonyl (C=O) groups excluding carboxylic acids is 1. The molecule has 3 rings (SSSR count). The third kappa shape index (κ3) is 4.30. The van der Waals surface area contributed by atoms with Gasteiger partial charge in [-0.1, -0.05) is 23.7 Å². The van der Waals surface area contributed by atoms with Crippen LogP contribution in [0.25, 0.3) is 0 Å². The first kappa shape index (κ1) is 21.8. The van der Waals surface area contributed by atoms with E-state index in [1.807, 2.05) is 19.1 Å². The number of aliphatic imine (C=N–C) groups is 1.